The van der Waals surface area contributed by atoms with Crippen LogP contribution < -0.4 is 16.8 Å². The smallest absolute Gasteiger partial charge is 0.408 e. The number of aromatic nitrogens is 1. The van der Waals surface area contributed by atoms with E-state index in [1.807, 2.05) is 6.92 Å². The summed E-state index contributed by atoms with van der Waals surface area (Å²) >= 11 is 0. The lowest BCUT2D eigenvalue weighted by Gasteiger charge is -2.12. The lowest BCUT2D eigenvalue weighted by atomic mass is 10.2. The van der Waals surface area contributed by atoms with E-state index in [1.54, 1.807) is 18.4 Å². The molecular weight excluding hydrogens is 254 g/mol. The predicted octanol–water partition coefficient (Wildman–Crippen LogP) is 0.882. The minimum Gasteiger partial charge on any atom is -0.408 e. The van der Waals surface area contributed by atoms with Gasteiger partial charge in [-0.3, -0.25) is 9.19 Å². The molecule has 1 aromatic heterocycles. The van der Waals surface area contributed by atoms with Crippen molar-refractivity contribution >= 4 is 33.3 Å². The van der Waals surface area contributed by atoms with Gasteiger partial charge < -0.3 is 15.5 Å². The molecule has 0 bridgehead atoms. The van der Waals surface area contributed by atoms with E-state index < -0.39 is 16.6 Å². The zero-order valence-corrected chi connectivity index (χ0v) is 11.0. The maximum atomic E-state index is 11.2. The van der Waals surface area contributed by atoms with E-state index >= 15 is 0 Å². The van der Waals surface area contributed by atoms with E-state index in [0.717, 1.165) is 0 Å². The number of anilines is 2. The van der Waals surface area contributed by atoms with Gasteiger partial charge in [0.2, 0.25) is 0 Å². The van der Waals surface area contributed by atoms with Crippen molar-refractivity contribution in [3.63, 3.8) is 0 Å². The van der Waals surface area contributed by atoms with Gasteiger partial charge in [0.25, 0.3) is 0 Å². The molecule has 0 radical (unpaired) electrons. The van der Waals surface area contributed by atoms with Gasteiger partial charge in [-0.1, -0.05) is 0 Å². The Bertz CT molecular complexity index is 647. The van der Waals surface area contributed by atoms with Gasteiger partial charge in [0.05, 0.1) is 16.9 Å². The largest absolute Gasteiger partial charge is 0.417 e. The van der Waals surface area contributed by atoms with Gasteiger partial charge in [-0.25, -0.2) is 4.79 Å². The molecule has 18 heavy (non-hydrogen) atoms. The van der Waals surface area contributed by atoms with Crippen molar-refractivity contribution < 1.29 is 8.63 Å². The van der Waals surface area contributed by atoms with Crippen LogP contribution in [0.2, 0.25) is 0 Å². The van der Waals surface area contributed by atoms with Gasteiger partial charge in [0.15, 0.2) is 5.58 Å². The summed E-state index contributed by atoms with van der Waals surface area (Å²) in [5.41, 5.74) is 8.03. The molecule has 0 saturated carbocycles. The number of benzene rings is 1. The molecule has 0 aliphatic rings. The van der Waals surface area contributed by atoms with Gasteiger partial charge in [-0.2, -0.15) is 0 Å². The van der Waals surface area contributed by atoms with Crippen LogP contribution in [-0.4, -0.2) is 27.2 Å². The molecule has 7 heteroatoms. The van der Waals surface area contributed by atoms with Crippen molar-refractivity contribution in [3.05, 3.63) is 22.7 Å². The molecule has 0 aliphatic carbocycles. The lowest BCUT2D eigenvalue weighted by molar-refractivity contribution is 0.555. The van der Waals surface area contributed by atoms with Gasteiger partial charge in [-0.05, 0) is 13.0 Å². The number of nitrogens with one attached hydrogen (secondary N) is 2. The number of hydrogen-bond donors (Lipinski definition) is 3. The van der Waals surface area contributed by atoms with Crippen LogP contribution >= 0.6 is 0 Å². The molecule has 6 nitrogen and oxygen atoms in total. The number of hydrogen-bond acceptors (Lipinski definition) is 5. The molecule has 2 rings (SSSR count). The molecule has 0 saturated heterocycles. The summed E-state index contributed by atoms with van der Waals surface area (Å²) in [5.74, 6) is -0.510. The molecule has 2 aromatic rings. The summed E-state index contributed by atoms with van der Waals surface area (Å²) in [5, 5.41) is 3.13. The maximum absolute atomic E-state index is 11.2. The number of oxazole rings is 1. The average Bonchev–Trinajstić information content (AvgIpc) is 2.64. The van der Waals surface area contributed by atoms with Crippen LogP contribution in [0.15, 0.2) is 21.3 Å². The molecule has 0 spiro atoms. The highest BCUT2D eigenvalue weighted by Crippen LogP contribution is 2.24. The minimum absolute atomic E-state index is 0.0171. The standard InChI is InChI=1S/C11H15N3O3S/c1-6(18(2)16)5-13-8-4-9-10(3-7(8)12)17-11(15)14-9/h3-4,6,13H,5,12H2,1-2H3,(H,14,15). The summed E-state index contributed by atoms with van der Waals surface area (Å²) in [7, 11) is -0.893. The molecule has 0 fully saturated rings. The summed E-state index contributed by atoms with van der Waals surface area (Å²) in [6.07, 6.45) is 1.66. The van der Waals surface area contributed by atoms with E-state index in [0.29, 0.717) is 29.0 Å². The van der Waals surface area contributed by atoms with E-state index in [2.05, 4.69) is 10.3 Å². The third-order valence-electron chi connectivity index (χ3n) is 2.74. The van der Waals surface area contributed by atoms with Crippen molar-refractivity contribution in [2.24, 2.45) is 0 Å². The topological polar surface area (TPSA) is 101 Å². The van der Waals surface area contributed by atoms with Crippen LogP contribution in [0.4, 0.5) is 11.4 Å². The molecule has 4 N–H and O–H groups in total. The zero-order valence-electron chi connectivity index (χ0n) is 10.1. The normalized spacial score (nSPS) is 14.6. The Labute approximate surface area is 106 Å². The van der Waals surface area contributed by atoms with Crippen LogP contribution in [-0.2, 0) is 10.8 Å². The first kappa shape index (κ1) is 12.7. The number of fused-ring (bicyclic) bond motifs is 1. The van der Waals surface area contributed by atoms with Crippen LogP contribution in [0.1, 0.15) is 6.92 Å². The summed E-state index contributed by atoms with van der Waals surface area (Å²) < 4.78 is 16.1. The second-order valence-corrected chi connectivity index (χ2v) is 5.94. The highest BCUT2D eigenvalue weighted by molar-refractivity contribution is 7.84. The van der Waals surface area contributed by atoms with E-state index in [9.17, 15) is 9.00 Å². The SMILES string of the molecule is CC(CNc1cc2[nH]c(=O)oc2cc1N)S(C)=O. The lowest BCUT2D eigenvalue weighted by Crippen LogP contribution is -2.21. The molecule has 98 valence electrons. The number of H-pyrrole nitrogens is 1. The zero-order chi connectivity index (χ0) is 13.3. The first-order chi connectivity index (χ1) is 8.47. The number of rotatable bonds is 4. The van der Waals surface area contributed by atoms with Crippen LogP contribution in [0.3, 0.4) is 0 Å². The second kappa shape index (κ2) is 4.85. The van der Waals surface area contributed by atoms with E-state index in [-0.39, 0.29) is 5.25 Å². The van der Waals surface area contributed by atoms with E-state index in [4.69, 9.17) is 10.2 Å². The van der Waals surface area contributed by atoms with Crippen LogP contribution in [0, 0.1) is 0 Å². The first-order valence-electron chi connectivity index (χ1n) is 5.46. The van der Waals surface area contributed by atoms with E-state index in [1.165, 1.54) is 0 Å². The van der Waals surface area contributed by atoms with Crippen LogP contribution in [0.5, 0.6) is 0 Å². The Hall–Kier alpha value is -1.76. The molecule has 0 amide bonds. The van der Waals surface area contributed by atoms with Crippen molar-refractivity contribution in [2.45, 2.75) is 12.2 Å². The van der Waals surface area contributed by atoms with Gasteiger partial charge in [-0.15, -0.1) is 0 Å². The van der Waals surface area contributed by atoms with Gasteiger partial charge in [0, 0.05) is 34.9 Å². The number of nitrogens with two attached hydrogens (primary N) is 1. The summed E-state index contributed by atoms with van der Waals surface area (Å²) in [6, 6.07) is 3.30. The molecule has 2 atom stereocenters. The van der Waals surface area contributed by atoms with Crippen molar-refractivity contribution in [1.82, 2.24) is 4.98 Å². The van der Waals surface area contributed by atoms with Gasteiger partial charge in [0.1, 0.15) is 0 Å². The number of nitrogen functional groups attached to an aromatic ring is 1. The Morgan fingerprint density at radius 3 is 2.94 bits per heavy atom. The maximum Gasteiger partial charge on any atom is 0.417 e. The Kier molecular flexibility index (Phi) is 3.42. The summed E-state index contributed by atoms with van der Waals surface area (Å²) in [4.78, 5) is 13.6. The predicted molar refractivity (Wildman–Crippen MR) is 73.3 cm³/mol. The summed E-state index contributed by atoms with van der Waals surface area (Å²) in [6.45, 7) is 2.43. The Morgan fingerprint density at radius 1 is 1.56 bits per heavy atom. The third kappa shape index (κ3) is 2.56. The highest BCUT2D eigenvalue weighted by atomic mass is 32.2. The molecule has 2 unspecified atom stereocenters. The van der Waals surface area contributed by atoms with Crippen molar-refractivity contribution in [3.8, 4) is 0 Å². The average molecular weight is 269 g/mol. The monoisotopic (exact) mass is 269 g/mol. The molecule has 1 heterocycles. The molecular formula is C11H15N3O3S. The fourth-order valence-corrected chi connectivity index (χ4v) is 1.86. The minimum atomic E-state index is -0.893. The fraction of sp³-hybridized carbons (Fsp3) is 0.364. The highest BCUT2D eigenvalue weighted by Gasteiger charge is 2.09. The first-order valence-corrected chi connectivity index (χ1v) is 7.08. The fourth-order valence-electron chi connectivity index (χ4n) is 1.54. The Balaban J connectivity index is 2.25. The quantitative estimate of drug-likeness (QED) is 0.715. The Morgan fingerprint density at radius 2 is 2.28 bits per heavy atom. The van der Waals surface area contributed by atoms with Gasteiger partial charge >= 0.3 is 5.76 Å². The van der Waals surface area contributed by atoms with Crippen molar-refractivity contribution in [2.75, 3.05) is 23.9 Å². The number of aromatic amines is 1. The molecule has 1 aromatic carbocycles. The second-order valence-electron chi connectivity index (χ2n) is 4.14. The molecule has 0 aliphatic heterocycles. The third-order valence-corrected chi connectivity index (χ3v) is 4.04. The van der Waals surface area contributed by atoms with Crippen LogP contribution in [0.25, 0.3) is 11.1 Å². The van der Waals surface area contributed by atoms with Crippen molar-refractivity contribution in [1.29, 1.82) is 0 Å².